The SMILES string of the molecule is Cc1nnc(NS(=O)(=O)c2ccc(N=C[C@H]3COC(C)(C)O3)cc2)s1. The number of hydrogen-bond acceptors (Lipinski definition) is 8. The highest BCUT2D eigenvalue weighted by Crippen LogP contribution is 2.23. The Labute approximate surface area is 150 Å². The summed E-state index contributed by atoms with van der Waals surface area (Å²) < 4.78 is 38.1. The lowest BCUT2D eigenvalue weighted by Gasteiger charge is -2.15. The number of nitrogens with one attached hydrogen (secondary N) is 1. The van der Waals surface area contributed by atoms with Gasteiger partial charge in [0.25, 0.3) is 10.0 Å². The van der Waals surface area contributed by atoms with Crippen molar-refractivity contribution in [3.8, 4) is 0 Å². The summed E-state index contributed by atoms with van der Waals surface area (Å²) in [5, 5.41) is 8.46. The molecule has 25 heavy (non-hydrogen) atoms. The van der Waals surface area contributed by atoms with Crippen molar-refractivity contribution in [1.29, 1.82) is 0 Å². The third kappa shape index (κ3) is 4.60. The summed E-state index contributed by atoms with van der Waals surface area (Å²) in [5.41, 5.74) is 0.624. The van der Waals surface area contributed by atoms with Crippen molar-refractivity contribution in [3.05, 3.63) is 29.3 Å². The molecule has 1 aromatic carbocycles. The molecule has 1 aliphatic heterocycles. The second-order valence-electron chi connectivity index (χ2n) is 5.87. The molecule has 0 saturated carbocycles. The fourth-order valence-electron chi connectivity index (χ4n) is 2.18. The number of anilines is 1. The third-order valence-electron chi connectivity index (χ3n) is 3.31. The highest BCUT2D eigenvalue weighted by molar-refractivity contribution is 7.93. The summed E-state index contributed by atoms with van der Waals surface area (Å²) >= 11 is 1.17. The standard InChI is InChI=1S/C15H18N4O4S2/c1-10-17-18-14(24-10)19-25(20,21)13-6-4-11(5-7-13)16-8-12-9-22-15(2,3)23-12/h4-8,12H,9H2,1-3H3,(H,18,19)/t12-/m0/s1. The zero-order valence-corrected chi connectivity index (χ0v) is 15.6. The van der Waals surface area contributed by atoms with Crippen LogP contribution < -0.4 is 4.72 Å². The molecule has 1 aromatic heterocycles. The number of aryl methyl sites for hydroxylation is 1. The van der Waals surface area contributed by atoms with Gasteiger partial charge in [-0.3, -0.25) is 9.71 Å². The van der Waals surface area contributed by atoms with Crippen LogP contribution in [0.5, 0.6) is 0 Å². The average molecular weight is 382 g/mol. The molecule has 1 saturated heterocycles. The van der Waals surface area contributed by atoms with Crippen LogP contribution in [0.3, 0.4) is 0 Å². The van der Waals surface area contributed by atoms with Crippen LogP contribution in [-0.2, 0) is 19.5 Å². The number of aliphatic imine (C=N–C) groups is 1. The minimum absolute atomic E-state index is 0.126. The van der Waals surface area contributed by atoms with Crippen molar-refractivity contribution in [1.82, 2.24) is 10.2 Å². The van der Waals surface area contributed by atoms with E-state index >= 15 is 0 Å². The van der Waals surface area contributed by atoms with Gasteiger partial charge in [0.15, 0.2) is 5.79 Å². The second-order valence-corrected chi connectivity index (χ2v) is 8.73. The number of nitrogens with zero attached hydrogens (tertiary/aromatic N) is 3. The van der Waals surface area contributed by atoms with E-state index in [4.69, 9.17) is 9.47 Å². The predicted octanol–water partition coefficient (Wildman–Crippen LogP) is 2.50. The van der Waals surface area contributed by atoms with Crippen molar-refractivity contribution in [2.45, 2.75) is 37.6 Å². The summed E-state index contributed by atoms with van der Waals surface area (Å²) in [7, 11) is -3.70. The van der Waals surface area contributed by atoms with E-state index in [1.165, 1.54) is 23.5 Å². The number of ether oxygens (including phenoxy) is 2. The molecule has 1 fully saturated rings. The van der Waals surface area contributed by atoms with E-state index in [0.717, 1.165) is 0 Å². The van der Waals surface area contributed by atoms with Gasteiger partial charge in [0, 0.05) is 6.21 Å². The summed E-state index contributed by atoms with van der Waals surface area (Å²) in [5.74, 6) is -0.608. The monoisotopic (exact) mass is 382 g/mol. The molecule has 8 nitrogen and oxygen atoms in total. The highest BCUT2D eigenvalue weighted by Gasteiger charge is 2.31. The Balaban J connectivity index is 1.67. The van der Waals surface area contributed by atoms with Crippen molar-refractivity contribution < 1.29 is 17.9 Å². The molecule has 0 bridgehead atoms. The molecule has 1 atom stereocenters. The number of rotatable bonds is 5. The number of hydrogen-bond donors (Lipinski definition) is 1. The molecule has 2 heterocycles. The molecule has 0 unspecified atom stereocenters. The minimum atomic E-state index is -3.70. The van der Waals surface area contributed by atoms with E-state index in [1.807, 2.05) is 13.8 Å². The molecule has 0 spiro atoms. The van der Waals surface area contributed by atoms with E-state index in [9.17, 15) is 8.42 Å². The van der Waals surface area contributed by atoms with Crippen LogP contribution in [0.1, 0.15) is 18.9 Å². The molecular weight excluding hydrogens is 364 g/mol. The first-order valence-corrected chi connectivity index (χ1v) is 9.82. The molecule has 1 N–H and O–H groups in total. The Hall–Kier alpha value is -1.88. The molecule has 3 rings (SSSR count). The van der Waals surface area contributed by atoms with E-state index in [2.05, 4.69) is 19.9 Å². The van der Waals surface area contributed by atoms with Gasteiger partial charge in [-0.2, -0.15) is 0 Å². The van der Waals surface area contributed by atoms with Crippen LogP contribution >= 0.6 is 11.3 Å². The van der Waals surface area contributed by atoms with Gasteiger partial charge in [0.2, 0.25) is 5.13 Å². The molecule has 134 valence electrons. The molecule has 2 aromatic rings. The normalized spacial score (nSPS) is 20.2. The maximum atomic E-state index is 12.3. The van der Waals surface area contributed by atoms with E-state index in [-0.39, 0.29) is 16.1 Å². The average Bonchev–Trinajstić information content (AvgIpc) is 3.10. The zero-order valence-electron chi connectivity index (χ0n) is 14.0. The Bertz CT molecular complexity index is 875. The largest absolute Gasteiger partial charge is 0.347 e. The highest BCUT2D eigenvalue weighted by atomic mass is 32.2. The maximum absolute atomic E-state index is 12.3. The van der Waals surface area contributed by atoms with Crippen molar-refractivity contribution >= 4 is 38.4 Å². The van der Waals surface area contributed by atoms with Crippen LogP contribution in [-0.4, -0.2) is 43.3 Å². The lowest BCUT2D eigenvalue weighted by molar-refractivity contribution is -0.130. The van der Waals surface area contributed by atoms with Crippen molar-refractivity contribution in [2.75, 3.05) is 11.3 Å². The van der Waals surface area contributed by atoms with Crippen molar-refractivity contribution in [2.24, 2.45) is 4.99 Å². The Morgan fingerprint density at radius 1 is 1.32 bits per heavy atom. The van der Waals surface area contributed by atoms with Gasteiger partial charge in [0.05, 0.1) is 17.2 Å². The first-order chi connectivity index (χ1) is 11.7. The van der Waals surface area contributed by atoms with Gasteiger partial charge < -0.3 is 9.47 Å². The number of aromatic nitrogens is 2. The molecular formula is C15H18N4O4S2. The molecule has 0 radical (unpaired) electrons. The lowest BCUT2D eigenvalue weighted by atomic mass is 10.3. The van der Waals surface area contributed by atoms with Crippen molar-refractivity contribution in [3.63, 3.8) is 0 Å². The quantitative estimate of drug-likeness (QED) is 0.797. The Morgan fingerprint density at radius 2 is 2.04 bits per heavy atom. The number of benzene rings is 1. The van der Waals surface area contributed by atoms with Gasteiger partial charge in [-0.15, -0.1) is 10.2 Å². The van der Waals surface area contributed by atoms with Crippen LogP contribution in [0.2, 0.25) is 0 Å². The molecule has 1 aliphatic rings. The summed E-state index contributed by atoms with van der Waals surface area (Å²) in [4.78, 5) is 4.42. The maximum Gasteiger partial charge on any atom is 0.263 e. The zero-order chi connectivity index (χ0) is 18.1. The minimum Gasteiger partial charge on any atom is -0.347 e. The van der Waals surface area contributed by atoms with Crippen LogP contribution in [0, 0.1) is 6.92 Å². The van der Waals surface area contributed by atoms with Gasteiger partial charge in [0.1, 0.15) is 11.1 Å². The lowest BCUT2D eigenvalue weighted by Crippen LogP contribution is -2.21. The third-order valence-corrected chi connectivity index (χ3v) is 5.55. The Kier molecular flexibility index (Phi) is 4.87. The molecule has 0 amide bonds. The fourth-order valence-corrected chi connectivity index (χ4v) is 4.00. The second kappa shape index (κ2) is 6.79. The smallest absolute Gasteiger partial charge is 0.263 e. The van der Waals surface area contributed by atoms with E-state index in [0.29, 0.717) is 17.3 Å². The van der Waals surface area contributed by atoms with E-state index < -0.39 is 15.8 Å². The first kappa shape index (κ1) is 17.9. The summed E-state index contributed by atoms with van der Waals surface area (Å²) in [6.45, 7) is 5.87. The first-order valence-electron chi connectivity index (χ1n) is 7.52. The number of sulfonamides is 1. The molecule has 0 aliphatic carbocycles. The summed E-state index contributed by atoms with van der Waals surface area (Å²) in [6.07, 6.45) is 1.43. The van der Waals surface area contributed by atoms with Crippen LogP contribution in [0.4, 0.5) is 10.8 Å². The topological polar surface area (TPSA) is 103 Å². The summed E-state index contributed by atoms with van der Waals surface area (Å²) in [6, 6.07) is 6.21. The predicted molar refractivity (Wildman–Crippen MR) is 95.0 cm³/mol. The fraction of sp³-hybridized carbons (Fsp3) is 0.400. The Morgan fingerprint density at radius 3 is 2.60 bits per heavy atom. The van der Waals surface area contributed by atoms with Gasteiger partial charge in [-0.05, 0) is 45.0 Å². The van der Waals surface area contributed by atoms with Gasteiger partial charge in [-0.25, -0.2) is 8.42 Å². The van der Waals surface area contributed by atoms with Crippen LogP contribution in [0.15, 0.2) is 34.2 Å². The van der Waals surface area contributed by atoms with E-state index in [1.54, 1.807) is 25.3 Å². The van der Waals surface area contributed by atoms with Gasteiger partial charge in [-0.1, -0.05) is 11.3 Å². The molecule has 10 heteroatoms. The van der Waals surface area contributed by atoms with Gasteiger partial charge >= 0.3 is 0 Å². The van der Waals surface area contributed by atoms with Crippen LogP contribution in [0.25, 0.3) is 0 Å².